The number of carboxylic acid groups (broad SMARTS) is 1. The van der Waals surface area contributed by atoms with Gasteiger partial charge in [0.15, 0.2) is 0 Å². The van der Waals surface area contributed by atoms with E-state index in [4.69, 9.17) is 5.11 Å². The van der Waals surface area contributed by atoms with Crippen LogP contribution in [0.15, 0.2) is 0 Å². The van der Waals surface area contributed by atoms with Crippen LogP contribution in [0.25, 0.3) is 0 Å². The Labute approximate surface area is 76.3 Å². The summed E-state index contributed by atoms with van der Waals surface area (Å²) in [6.07, 6.45) is 0.223. The van der Waals surface area contributed by atoms with Crippen LogP contribution >= 0.6 is 0 Å². The number of piperidine rings is 1. The summed E-state index contributed by atoms with van der Waals surface area (Å²) in [6.45, 7) is 0.851. The van der Waals surface area contributed by atoms with Gasteiger partial charge in [0.2, 0.25) is 0 Å². The molecule has 1 aliphatic rings. The third kappa shape index (κ3) is 2.34. The van der Waals surface area contributed by atoms with E-state index in [1.807, 2.05) is 0 Å². The number of hydrogen-bond donors (Lipinski definition) is 1. The Kier molecular flexibility index (Phi) is 3.11. The molecule has 5 nitrogen and oxygen atoms in total. The minimum atomic E-state index is -0.914. The molecule has 0 aromatic heterocycles. The Morgan fingerprint density at radius 3 is 2.31 bits per heavy atom. The zero-order chi connectivity index (χ0) is 9.84. The van der Waals surface area contributed by atoms with Gasteiger partial charge >= 0.3 is 12.1 Å². The quantitative estimate of drug-likeness (QED) is 0.609. The number of carbonyl (C=O) groups is 2. The molecule has 1 saturated heterocycles. The predicted octanol–water partition coefficient (Wildman–Crippen LogP) is 0.549. The van der Waals surface area contributed by atoms with Crippen molar-refractivity contribution in [1.29, 1.82) is 0 Å². The van der Waals surface area contributed by atoms with Crippen molar-refractivity contribution >= 4 is 12.1 Å². The van der Waals surface area contributed by atoms with Crippen molar-refractivity contribution in [2.75, 3.05) is 20.2 Å². The molecular weight excluding hydrogens is 174 g/mol. The monoisotopic (exact) mass is 187 g/mol. The molecule has 1 fully saturated rings. The highest BCUT2D eigenvalue weighted by Crippen LogP contribution is 2.18. The number of nitrogens with zero attached hydrogens (tertiary/aromatic N) is 1. The van der Waals surface area contributed by atoms with Crippen molar-refractivity contribution in [3.05, 3.63) is 0 Å². The molecule has 5 heteroatoms. The van der Waals surface area contributed by atoms with E-state index in [1.165, 1.54) is 12.0 Å². The predicted molar refractivity (Wildman–Crippen MR) is 44.3 cm³/mol. The summed E-state index contributed by atoms with van der Waals surface area (Å²) in [5.41, 5.74) is 0. The van der Waals surface area contributed by atoms with Crippen molar-refractivity contribution in [1.82, 2.24) is 4.90 Å². The molecule has 13 heavy (non-hydrogen) atoms. The van der Waals surface area contributed by atoms with Gasteiger partial charge < -0.3 is 14.7 Å². The SMILES string of the molecule is COC(=O)C1CCN(C(=O)O)CC1. The van der Waals surface area contributed by atoms with Crippen LogP contribution in [0.5, 0.6) is 0 Å². The van der Waals surface area contributed by atoms with Crippen molar-refractivity contribution in [2.24, 2.45) is 5.92 Å². The van der Waals surface area contributed by atoms with Crippen molar-refractivity contribution in [3.63, 3.8) is 0 Å². The lowest BCUT2D eigenvalue weighted by Gasteiger charge is -2.28. The summed E-state index contributed by atoms with van der Waals surface area (Å²) in [6, 6.07) is 0. The van der Waals surface area contributed by atoms with Crippen molar-refractivity contribution in [3.8, 4) is 0 Å². The molecule has 74 valence electrons. The van der Waals surface area contributed by atoms with Crippen LogP contribution in [0.2, 0.25) is 0 Å². The average molecular weight is 187 g/mol. The molecule has 1 N–H and O–H groups in total. The highest BCUT2D eigenvalue weighted by atomic mass is 16.5. The van der Waals surface area contributed by atoms with Gasteiger partial charge in [-0.25, -0.2) is 4.79 Å². The van der Waals surface area contributed by atoms with E-state index in [9.17, 15) is 9.59 Å². The fourth-order valence-corrected chi connectivity index (χ4v) is 1.47. The van der Waals surface area contributed by atoms with Gasteiger partial charge in [-0.1, -0.05) is 0 Å². The van der Waals surface area contributed by atoms with E-state index in [1.54, 1.807) is 0 Å². The normalized spacial score (nSPS) is 18.4. The smallest absolute Gasteiger partial charge is 0.407 e. The first-order valence-electron chi connectivity index (χ1n) is 4.21. The lowest BCUT2D eigenvalue weighted by molar-refractivity contribution is -0.146. The average Bonchev–Trinajstić information content (AvgIpc) is 2.17. The van der Waals surface area contributed by atoms with E-state index in [2.05, 4.69) is 4.74 Å². The number of amides is 1. The molecule has 1 heterocycles. The molecule has 1 aliphatic heterocycles. The van der Waals surface area contributed by atoms with Gasteiger partial charge in [-0.05, 0) is 12.8 Å². The summed E-state index contributed by atoms with van der Waals surface area (Å²) in [5, 5.41) is 8.63. The molecule has 1 amide bonds. The second kappa shape index (κ2) is 4.11. The molecule has 1 rings (SSSR count). The lowest BCUT2D eigenvalue weighted by Crippen LogP contribution is -2.39. The Balaban J connectivity index is 2.39. The van der Waals surface area contributed by atoms with Crippen molar-refractivity contribution < 1.29 is 19.4 Å². The highest BCUT2D eigenvalue weighted by molar-refractivity contribution is 5.73. The fraction of sp³-hybridized carbons (Fsp3) is 0.750. The van der Waals surface area contributed by atoms with Gasteiger partial charge in [0, 0.05) is 13.1 Å². The second-order valence-corrected chi connectivity index (χ2v) is 3.07. The molecule has 0 radical (unpaired) electrons. The number of esters is 1. The fourth-order valence-electron chi connectivity index (χ4n) is 1.47. The van der Waals surface area contributed by atoms with E-state index in [-0.39, 0.29) is 11.9 Å². The number of carbonyl (C=O) groups excluding carboxylic acids is 1. The first-order chi connectivity index (χ1) is 6.15. The maximum atomic E-state index is 11.1. The number of methoxy groups -OCH3 is 1. The van der Waals surface area contributed by atoms with E-state index < -0.39 is 6.09 Å². The van der Waals surface area contributed by atoms with Crippen LogP contribution in [-0.4, -0.2) is 42.3 Å². The molecule has 0 saturated carbocycles. The van der Waals surface area contributed by atoms with Gasteiger partial charge in [-0.3, -0.25) is 4.79 Å². The van der Waals surface area contributed by atoms with Gasteiger partial charge in [0.25, 0.3) is 0 Å². The minimum absolute atomic E-state index is 0.124. The molecular formula is C8H13NO4. The molecule has 0 atom stereocenters. The van der Waals surface area contributed by atoms with Crippen LogP contribution in [-0.2, 0) is 9.53 Å². The number of rotatable bonds is 1. The molecule has 0 unspecified atom stereocenters. The molecule has 0 bridgehead atoms. The maximum absolute atomic E-state index is 11.1. The Morgan fingerprint density at radius 2 is 1.92 bits per heavy atom. The zero-order valence-electron chi connectivity index (χ0n) is 7.52. The first kappa shape index (κ1) is 9.83. The van der Waals surface area contributed by atoms with E-state index in [0.717, 1.165) is 0 Å². The van der Waals surface area contributed by atoms with Gasteiger partial charge in [-0.2, -0.15) is 0 Å². The third-order valence-corrected chi connectivity index (χ3v) is 2.30. The molecule has 0 aromatic carbocycles. The van der Waals surface area contributed by atoms with Gasteiger partial charge in [-0.15, -0.1) is 0 Å². The van der Waals surface area contributed by atoms with Crippen molar-refractivity contribution in [2.45, 2.75) is 12.8 Å². The summed E-state index contributed by atoms with van der Waals surface area (Å²) in [5.74, 6) is -0.356. The number of likely N-dealkylation sites (tertiary alicyclic amines) is 1. The summed E-state index contributed by atoms with van der Waals surface area (Å²) < 4.78 is 4.58. The lowest BCUT2D eigenvalue weighted by atomic mass is 9.97. The Bertz CT molecular complexity index is 208. The topological polar surface area (TPSA) is 66.8 Å². The Morgan fingerprint density at radius 1 is 1.38 bits per heavy atom. The summed E-state index contributed by atoms with van der Waals surface area (Å²) >= 11 is 0. The molecule has 0 aliphatic carbocycles. The summed E-state index contributed by atoms with van der Waals surface area (Å²) in [4.78, 5) is 22.9. The highest BCUT2D eigenvalue weighted by Gasteiger charge is 2.27. The largest absolute Gasteiger partial charge is 0.469 e. The van der Waals surface area contributed by atoms with Crippen LogP contribution < -0.4 is 0 Å². The molecule has 0 spiro atoms. The van der Waals surface area contributed by atoms with Crippen LogP contribution in [0.1, 0.15) is 12.8 Å². The van der Waals surface area contributed by atoms with Crippen LogP contribution in [0.3, 0.4) is 0 Å². The maximum Gasteiger partial charge on any atom is 0.407 e. The zero-order valence-corrected chi connectivity index (χ0v) is 7.52. The van der Waals surface area contributed by atoms with Crippen LogP contribution in [0.4, 0.5) is 4.79 Å². The number of hydrogen-bond acceptors (Lipinski definition) is 3. The standard InChI is InChI=1S/C8H13NO4/c1-13-7(10)6-2-4-9(5-3-6)8(11)12/h6H,2-5H2,1H3,(H,11,12). The Hall–Kier alpha value is -1.26. The van der Waals surface area contributed by atoms with Gasteiger partial charge in [0.1, 0.15) is 0 Å². The third-order valence-electron chi connectivity index (χ3n) is 2.30. The van der Waals surface area contributed by atoms with E-state index >= 15 is 0 Å². The second-order valence-electron chi connectivity index (χ2n) is 3.07. The van der Waals surface area contributed by atoms with Crippen LogP contribution in [0, 0.1) is 5.92 Å². The summed E-state index contributed by atoms with van der Waals surface area (Å²) in [7, 11) is 1.35. The first-order valence-corrected chi connectivity index (χ1v) is 4.21. The number of ether oxygens (including phenoxy) is 1. The van der Waals surface area contributed by atoms with E-state index in [0.29, 0.717) is 25.9 Å². The van der Waals surface area contributed by atoms with Gasteiger partial charge in [0.05, 0.1) is 13.0 Å². The molecule has 0 aromatic rings. The minimum Gasteiger partial charge on any atom is -0.469 e.